The van der Waals surface area contributed by atoms with Crippen LogP contribution < -0.4 is 5.73 Å². The molecule has 1 aliphatic rings. The predicted octanol–water partition coefficient (Wildman–Crippen LogP) is 4.16. The van der Waals surface area contributed by atoms with Crippen molar-refractivity contribution in [3.05, 3.63) is 34.3 Å². The lowest BCUT2D eigenvalue weighted by atomic mass is 9.82. The summed E-state index contributed by atoms with van der Waals surface area (Å²) in [7, 11) is 0. The number of likely N-dealkylation sites (tertiary alicyclic amines) is 1. The van der Waals surface area contributed by atoms with Gasteiger partial charge >= 0.3 is 0 Å². The zero-order valence-electron chi connectivity index (χ0n) is 13.0. The monoisotopic (exact) mass is 294 g/mol. The molecule has 1 atom stereocenters. The molecule has 0 aromatic heterocycles. The van der Waals surface area contributed by atoms with E-state index in [0.717, 1.165) is 23.7 Å². The van der Waals surface area contributed by atoms with E-state index in [1.165, 1.54) is 24.8 Å². The smallest absolute Gasteiger partial charge is 0.0471 e. The number of hydrogen-bond donors (Lipinski definition) is 1. The third kappa shape index (κ3) is 3.03. The van der Waals surface area contributed by atoms with Crippen molar-refractivity contribution in [1.82, 2.24) is 4.90 Å². The van der Waals surface area contributed by atoms with Gasteiger partial charge in [0.2, 0.25) is 0 Å². The Morgan fingerprint density at radius 1 is 1.35 bits per heavy atom. The standard InChI is InChI=1S/C17H27ClN2/c1-4-17(5-2)8-9-20(12-17)16(11-19)14-7-6-13(3)15(18)10-14/h6-7,10,16H,4-5,8-9,11-12,19H2,1-3H3. The van der Waals surface area contributed by atoms with E-state index in [1.807, 2.05) is 6.92 Å². The van der Waals surface area contributed by atoms with Crippen molar-refractivity contribution in [2.45, 2.75) is 46.1 Å². The number of benzene rings is 1. The molecule has 1 aromatic rings. The largest absolute Gasteiger partial charge is 0.329 e. The molecule has 1 aromatic carbocycles. The molecule has 0 spiro atoms. The van der Waals surface area contributed by atoms with Gasteiger partial charge in [-0.05, 0) is 55.3 Å². The fraction of sp³-hybridized carbons (Fsp3) is 0.647. The molecule has 0 amide bonds. The van der Waals surface area contributed by atoms with Crippen LogP contribution in [-0.2, 0) is 0 Å². The van der Waals surface area contributed by atoms with Gasteiger partial charge in [0.15, 0.2) is 0 Å². The molecule has 2 rings (SSSR count). The summed E-state index contributed by atoms with van der Waals surface area (Å²) < 4.78 is 0. The third-order valence-electron chi connectivity index (χ3n) is 5.21. The molecule has 3 heteroatoms. The quantitative estimate of drug-likeness (QED) is 0.883. The lowest BCUT2D eigenvalue weighted by molar-refractivity contribution is 0.197. The lowest BCUT2D eigenvalue weighted by Gasteiger charge is -2.31. The second-order valence-corrected chi connectivity index (χ2v) is 6.59. The Labute approximate surface area is 128 Å². The first-order valence-electron chi connectivity index (χ1n) is 7.75. The van der Waals surface area contributed by atoms with Crippen LogP contribution in [-0.4, -0.2) is 24.5 Å². The maximum atomic E-state index is 6.27. The van der Waals surface area contributed by atoms with E-state index in [-0.39, 0.29) is 0 Å². The molecule has 0 radical (unpaired) electrons. The fourth-order valence-corrected chi connectivity index (χ4v) is 3.56. The number of hydrogen-bond acceptors (Lipinski definition) is 2. The minimum Gasteiger partial charge on any atom is -0.329 e. The molecule has 2 N–H and O–H groups in total. The highest BCUT2D eigenvalue weighted by atomic mass is 35.5. The molecule has 0 bridgehead atoms. The molecular formula is C17H27ClN2. The van der Waals surface area contributed by atoms with Crippen LogP contribution in [0.3, 0.4) is 0 Å². The van der Waals surface area contributed by atoms with E-state index < -0.39 is 0 Å². The van der Waals surface area contributed by atoms with Gasteiger partial charge in [-0.15, -0.1) is 0 Å². The molecule has 1 saturated heterocycles. The summed E-state index contributed by atoms with van der Waals surface area (Å²) in [5.41, 5.74) is 8.93. The molecule has 1 fully saturated rings. The van der Waals surface area contributed by atoms with Gasteiger partial charge in [0, 0.05) is 24.2 Å². The Hall–Kier alpha value is -0.570. The van der Waals surface area contributed by atoms with E-state index in [1.54, 1.807) is 0 Å². The highest BCUT2D eigenvalue weighted by molar-refractivity contribution is 6.31. The van der Waals surface area contributed by atoms with Gasteiger partial charge in [-0.1, -0.05) is 37.6 Å². The molecule has 0 aliphatic carbocycles. The van der Waals surface area contributed by atoms with Crippen LogP contribution in [0.5, 0.6) is 0 Å². The molecule has 112 valence electrons. The highest BCUT2D eigenvalue weighted by Gasteiger charge is 2.37. The average Bonchev–Trinajstić information content (AvgIpc) is 2.88. The molecule has 20 heavy (non-hydrogen) atoms. The number of rotatable bonds is 5. The van der Waals surface area contributed by atoms with Crippen molar-refractivity contribution in [1.29, 1.82) is 0 Å². The Balaban J connectivity index is 2.19. The lowest BCUT2D eigenvalue weighted by Crippen LogP contribution is -2.34. The highest BCUT2D eigenvalue weighted by Crippen LogP contribution is 2.40. The maximum absolute atomic E-state index is 6.27. The van der Waals surface area contributed by atoms with Gasteiger partial charge in [0.25, 0.3) is 0 Å². The second kappa shape index (κ2) is 6.46. The van der Waals surface area contributed by atoms with Crippen molar-refractivity contribution >= 4 is 11.6 Å². The predicted molar refractivity (Wildman–Crippen MR) is 87.2 cm³/mol. The van der Waals surface area contributed by atoms with Gasteiger partial charge in [0.1, 0.15) is 0 Å². The first kappa shape index (κ1) is 15.8. The summed E-state index contributed by atoms with van der Waals surface area (Å²) in [6.07, 6.45) is 3.80. The van der Waals surface area contributed by atoms with E-state index in [4.69, 9.17) is 17.3 Å². The molecule has 1 aliphatic heterocycles. The molecule has 2 nitrogen and oxygen atoms in total. The van der Waals surface area contributed by atoms with Crippen molar-refractivity contribution in [3.8, 4) is 0 Å². The SMILES string of the molecule is CCC1(CC)CCN(C(CN)c2ccc(C)c(Cl)c2)C1. The normalized spacial score (nSPS) is 20.2. The van der Waals surface area contributed by atoms with Crippen molar-refractivity contribution in [2.75, 3.05) is 19.6 Å². The Morgan fingerprint density at radius 3 is 2.55 bits per heavy atom. The summed E-state index contributed by atoms with van der Waals surface area (Å²) in [6.45, 7) is 9.63. The maximum Gasteiger partial charge on any atom is 0.0471 e. The number of nitrogens with two attached hydrogens (primary N) is 1. The van der Waals surface area contributed by atoms with Gasteiger partial charge < -0.3 is 5.73 Å². The second-order valence-electron chi connectivity index (χ2n) is 6.19. The first-order chi connectivity index (χ1) is 9.55. The fourth-order valence-electron chi connectivity index (χ4n) is 3.38. The summed E-state index contributed by atoms with van der Waals surface area (Å²) in [5, 5.41) is 0.845. The van der Waals surface area contributed by atoms with E-state index in [9.17, 15) is 0 Å². The zero-order valence-corrected chi connectivity index (χ0v) is 13.7. The average molecular weight is 295 g/mol. The van der Waals surface area contributed by atoms with Crippen molar-refractivity contribution in [3.63, 3.8) is 0 Å². The van der Waals surface area contributed by atoms with Gasteiger partial charge in [-0.25, -0.2) is 0 Å². The Kier molecular flexibility index (Phi) is 5.11. The van der Waals surface area contributed by atoms with Crippen LogP contribution >= 0.6 is 11.6 Å². The first-order valence-corrected chi connectivity index (χ1v) is 8.13. The van der Waals surface area contributed by atoms with E-state index in [2.05, 4.69) is 36.9 Å². The molecular weight excluding hydrogens is 268 g/mol. The molecule has 1 unspecified atom stereocenters. The van der Waals surface area contributed by atoms with Crippen molar-refractivity contribution in [2.24, 2.45) is 11.1 Å². The summed E-state index contributed by atoms with van der Waals surface area (Å²) in [6, 6.07) is 6.67. The Morgan fingerprint density at radius 2 is 2.05 bits per heavy atom. The summed E-state index contributed by atoms with van der Waals surface area (Å²) >= 11 is 6.27. The van der Waals surface area contributed by atoms with E-state index >= 15 is 0 Å². The minimum absolute atomic E-state index is 0.299. The van der Waals surface area contributed by atoms with Gasteiger partial charge in [0.05, 0.1) is 0 Å². The molecule has 0 saturated carbocycles. The summed E-state index contributed by atoms with van der Waals surface area (Å²) in [5.74, 6) is 0. The number of nitrogens with zero attached hydrogens (tertiary/aromatic N) is 1. The topological polar surface area (TPSA) is 29.3 Å². The number of halogens is 1. The van der Waals surface area contributed by atoms with Crippen LogP contribution in [0, 0.1) is 12.3 Å². The van der Waals surface area contributed by atoms with Crippen molar-refractivity contribution < 1.29 is 0 Å². The van der Waals surface area contributed by atoms with Crippen LogP contribution in [0.25, 0.3) is 0 Å². The van der Waals surface area contributed by atoms with Crippen LogP contribution in [0.15, 0.2) is 18.2 Å². The zero-order chi connectivity index (χ0) is 14.8. The van der Waals surface area contributed by atoms with Gasteiger partial charge in [-0.3, -0.25) is 4.90 Å². The van der Waals surface area contributed by atoms with Crippen LogP contribution in [0.2, 0.25) is 5.02 Å². The van der Waals surface area contributed by atoms with Crippen LogP contribution in [0.4, 0.5) is 0 Å². The summed E-state index contributed by atoms with van der Waals surface area (Å²) in [4.78, 5) is 2.55. The minimum atomic E-state index is 0.299. The Bertz CT molecular complexity index is 454. The third-order valence-corrected chi connectivity index (χ3v) is 5.62. The van der Waals surface area contributed by atoms with Gasteiger partial charge in [-0.2, -0.15) is 0 Å². The van der Waals surface area contributed by atoms with Crippen LogP contribution in [0.1, 0.15) is 50.3 Å². The number of aryl methyl sites for hydroxylation is 1. The molecule has 1 heterocycles. The van der Waals surface area contributed by atoms with E-state index in [0.29, 0.717) is 18.0 Å².